The van der Waals surface area contributed by atoms with Crippen LogP contribution in [0.1, 0.15) is 59.1 Å². The molecule has 2 amide bonds. The summed E-state index contributed by atoms with van der Waals surface area (Å²) < 4.78 is 11.3. The van der Waals surface area contributed by atoms with Crippen LogP contribution in [-0.2, 0) is 21.5 Å². The van der Waals surface area contributed by atoms with Crippen molar-refractivity contribution in [1.29, 1.82) is 0 Å². The Balaban J connectivity index is 2.30. The number of nitrogens with one attached hydrogen (secondary N) is 1. The van der Waals surface area contributed by atoms with Crippen molar-refractivity contribution in [2.24, 2.45) is 0 Å². The van der Waals surface area contributed by atoms with E-state index in [-0.39, 0.29) is 36.4 Å². The first-order valence-corrected chi connectivity index (χ1v) is 11.5. The lowest BCUT2D eigenvalue weighted by molar-refractivity contribution is -0.143. The highest BCUT2D eigenvalue weighted by molar-refractivity contribution is 5.88. The van der Waals surface area contributed by atoms with E-state index in [9.17, 15) is 9.59 Å². The van der Waals surface area contributed by atoms with Crippen LogP contribution in [0.5, 0.6) is 11.5 Å². The molecule has 6 nitrogen and oxygen atoms in total. The van der Waals surface area contributed by atoms with E-state index >= 15 is 0 Å². The summed E-state index contributed by atoms with van der Waals surface area (Å²) in [5, 5.41) is 2.94. The third-order valence-electron chi connectivity index (χ3n) is 5.35. The molecule has 6 heteroatoms. The standard InChI is InChI=1S/C27H38N2O4/c1-8-23(26(31)28-19(2)3)29(17-20-12-11-13-21(16-20)32-7)25(30)18-33-24-15-10-9-14-22(24)27(4,5)6/h9-16,19,23H,8,17-18H2,1-7H3,(H,28,31)/t23-/m0/s1. The number of methoxy groups -OCH3 is 1. The summed E-state index contributed by atoms with van der Waals surface area (Å²) in [7, 11) is 1.60. The van der Waals surface area contributed by atoms with E-state index in [4.69, 9.17) is 9.47 Å². The molecule has 2 aromatic rings. The second-order valence-corrected chi connectivity index (χ2v) is 9.50. The predicted octanol–water partition coefficient (Wildman–Crippen LogP) is 4.70. The van der Waals surface area contributed by atoms with Crippen molar-refractivity contribution in [2.75, 3.05) is 13.7 Å². The number of nitrogens with zero attached hydrogens (tertiary/aromatic N) is 1. The summed E-state index contributed by atoms with van der Waals surface area (Å²) in [4.78, 5) is 28.0. The summed E-state index contributed by atoms with van der Waals surface area (Å²) in [5.41, 5.74) is 1.79. The van der Waals surface area contributed by atoms with Gasteiger partial charge in [0.2, 0.25) is 5.91 Å². The smallest absolute Gasteiger partial charge is 0.261 e. The fourth-order valence-electron chi connectivity index (χ4n) is 3.70. The molecular weight excluding hydrogens is 416 g/mol. The Bertz CT molecular complexity index is 934. The number of hydrogen-bond donors (Lipinski definition) is 1. The second-order valence-electron chi connectivity index (χ2n) is 9.50. The minimum absolute atomic E-state index is 0.0183. The first-order chi connectivity index (χ1) is 15.6. The van der Waals surface area contributed by atoms with Gasteiger partial charge in [-0.25, -0.2) is 0 Å². The number of carbonyl (C=O) groups excluding carboxylic acids is 2. The topological polar surface area (TPSA) is 67.9 Å². The Labute approximate surface area is 198 Å². The number of benzene rings is 2. The van der Waals surface area contributed by atoms with Gasteiger partial charge in [-0.1, -0.05) is 58.0 Å². The normalized spacial score (nSPS) is 12.2. The van der Waals surface area contributed by atoms with Gasteiger partial charge in [-0.05, 0) is 55.0 Å². The van der Waals surface area contributed by atoms with Crippen LogP contribution >= 0.6 is 0 Å². The van der Waals surface area contributed by atoms with E-state index < -0.39 is 6.04 Å². The summed E-state index contributed by atoms with van der Waals surface area (Å²) >= 11 is 0. The number of hydrogen-bond acceptors (Lipinski definition) is 4. The number of ether oxygens (including phenoxy) is 2. The third-order valence-corrected chi connectivity index (χ3v) is 5.35. The van der Waals surface area contributed by atoms with Gasteiger partial charge in [0.05, 0.1) is 7.11 Å². The molecule has 0 unspecified atom stereocenters. The molecule has 0 spiro atoms. The van der Waals surface area contributed by atoms with Crippen molar-refractivity contribution < 1.29 is 19.1 Å². The molecule has 0 radical (unpaired) electrons. The summed E-state index contributed by atoms with van der Waals surface area (Å²) in [6, 6.07) is 14.7. The van der Waals surface area contributed by atoms with E-state index in [0.29, 0.717) is 17.9 Å². The van der Waals surface area contributed by atoms with Crippen LogP contribution in [0.25, 0.3) is 0 Å². The number of para-hydroxylation sites is 1. The Kier molecular flexibility index (Phi) is 9.32. The molecule has 0 aliphatic carbocycles. The maximum atomic E-state index is 13.4. The van der Waals surface area contributed by atoms with Crippen molar-refractivity contribution in [1.82, 2.24) is 10.2 Å². The Morgan fingerprint density at radius 2 is 1.76 bits per heavy atom. The van der Waals surface area contributed by atoms with Crippen LogP contribution < -0.4 is 14.8 Å². The maximum absolute atomic E-state index is 13.4. The van der Waals surface area contributed by atoms with Crippen molar-refractivity contribution in [3.8, 4) is 11.5 Å². The number of amides is 2. The van der Waals surface area contributed by atoms with E-state index in [1.54, 1.807) is 12.0 Å². The summed E-state index contributed by atoms with van der Waals surface area (Å²) in [5.74, 6) is 0.973. The van der Waals surface area contributed by atoms with Crippen molar-refractivity contribution in [3.63, 3.8) is 0 Å². The summed E-state index contributed by atoms with van der Waals surface area (Å²) in [6.07, 6.45) is 0.493. The molecule has 180 valence electrons. The van der Waals surface area contributed by atoms with Crippen LogP contribution in [0, 0.1) is 0 Å². The SMILES string of the molecule is CC[C@@H](C(=O)NC(C)C)N(Cc1cccc(OC)c1)C(=O)COc1ccccc1C(C)(C)C. The molecule has 33 heavy (non-hydrogen) atoms. The minimum atomic E-state index is -0.604. The zero-order valence-electron chi connectivity index (χ0n) is 21.0. The first-order valence-electron chi connectivity index (χ1n) is 11.5. The molecule has 0 aromatic heterocycles. The highest BCUT2D eigenvalue weighted by atomic mass is 16.5. The fourth-order valence-corrected chi connectivity index (χ4v) is 3.70. The second kappa shape index (κ2) is 11.7. The van der Waals surface area contributed by atoms with Crippen LogP contribution in [0.15, 0.2) is 48.5 Å². The molecule has 0 bridgehead atoms. The van der Waals surface area contributed by atoms with Gasteiger partial charge < -0.3 is 19.7 Å². The molecule has 0 saturated carbocycles. The van der Waals surface area contributed by atoms with Gasteiger partial charge in [-0.2, -0.15) is 0 Å². The van der Waals surface area contributed by atoms with Crippen LogP contribution in [0.3, 0.4) is 0 Å². The van der Waals surface area contributed by atoms with Gasteiger partial charge in [0.15, 0.2) is 6.61 Å². The van der Waals surface area contributed by atoms with Crippen molar-refractivity contribution in [3.05, 3.63) is 59.7 Å². The van der Waals surface area contributed by atoms with Crippen molar-refractivity contribution >= 4 is 11.8 Å². The molecule has 2 rings (SSSR count). The Morgan fingerprint density at radius 1 is 1.06 bits per heavy atom. The molecular formula is C27H38N2O4. The molecule has 0 saturated heterocycles. The monoisotopic (exact) mass is 454 g/mol. The molecule has 0 aliphatic heterocycles. The average Bonchev–Trinajstić information content (AvgIpc) is 2.76. The Hall–Kier alpha value is -3.02. The van der Waals surface area contributed by atoms with Gasteiger partial charge in [0, 0.05) is 12.6 Å². The molecule has 2 aromatic carbocycles. The molecule has 0 aliphatic rings. The highest BCUT2D eigenvalue weighted by Crippen LogP contribution is 2.31. The first kappa shape index (κ1) is 26.2. The lowest BCUT2D eigenvalue weighted by atomic mass is 9.86. The Morgan fingerprint density at radius 3 is 2.36 bits per heavy atom. The lowest BCUT2D eigenvalue weighted by Gasteiger charge is -2.31. The van der Waals surface area contributed by atoms with E-state index in [2.05, 4.69) is 26.1 Å². The van der Waals surface area contributed by atoms with Crippen LogP contribution in [-0.4, -0.2) is 42.5 Å². The number of carbonyl (C=O) groups is 2. The van der Waals surface area contributed by atoms with Crippen LogP contribution in [0.4, 0.5) is 0 Å². The minimum Gasteiger partial charge on any atom is -0.497 e. The quantitative estimate of drug-likeness (QED) is 0.565. The molecule has 1 N–H and O–H groups in total. The zero-order chi connectivity index (χ0) is 24.6. The van der Waals surface area contributed by atoms with Gasteiger partial charge in [-0.3, -0.25) is 9.59 Å². The van der Waals surface area contributed by atoms with Crippen molar-refractivity contribution in [2.45, 2.75) is 72.0 Å². The van der Waals surface area contributed by atoms with Gasteiger partial charge >= 0.3 is 0 Å². The van der Waals surface area contributed by atoms with Crippen LogP contribution in [0.2, 0.25) is 0 Å². The molecule has 0 fully saturated rings. The largest absolute Gasteiger partial charge is 0.497 e. The zero-order valence-corrected chi connectivity index (χ0v) is 21.0. The molecule has 1 atom stereocenters. The van der Waals surface area contributed by atoms with Gasteiger partial charge in [0.25, 0.3) is 5.91 Å². The van der Waals surface area contributed by atoms with Gasteiger partial charge in [-0.15, -0.1) is 0 Å². The van der Waals surface area contributed by atoms with E-state index in [0.717, 1.165) is 11.1 Å². The summed E-state index contributed by atoms with van der Waals surface area (Å²) in [6.45, 7) is 12.2. The predicted molar refractivity (Wildman–Crippen MR) is 132 cm³/mol. The van der Waals surface area contributed by atoms with E-state index in [1.165, 1.54) is 0 Å². The lowest BCUT2D eigenvalue weighted by Crippen LogP contribution is -2.51. The third kappa shape index (κ3) is 7.52. The molecule has 0 heterocycles. The maximum Gasteiger partial charge on any atom is 0.261 e. The number of rotatable bonds is 10. The highest BCUT2D eigenvalue weighted by Gasteiger charge is 2.30. The average molecular weight is 455 g/mol. The van der Waals surface area contributed by atoms with Gasteiger partial charge in [0.1, 0.15) is 17.5 Å². The fraction of sp³-hybridized carbons (Fsp3) is 0.481. The van der Waals surface area contributed by atoms with E-state index in [1.807, 2.05) is 69.3 Å².